The van der Waals surface area contributed by atoms with Crippen LogP contribution in [0, 0.1) is 6.92 Å². The molecule has 0 bridgehead atoms. The lowest BCUT2D eigenvalue weighted by molar-refractivity contribution is 0.0601. The molecular formula is C27H32N4O3. The summed E-state index contributed by atoms with van der Waals surface area (Å²) in [4.78, 5) is 35.6. The van der Waals surface area contributed by atoms with Gasteiger partial charge in [-0.3, -0.25) is 9.69 Å². The molecule has 2 fully saturated rings. The highest BCUT2D eigenvalue weighted by Crippen LogP contribution is 2.26. The summed E-state index contributed by atoms with van der Waals surface area (Å²) >= 11 is 0. The summed E-state index contributed by atoms with van der Waals surface area (Å²) in [7, 11) is 1.35. The normalized spacial score (nSPS) is 17.8. The number of hydrogen-bond acceptors (Lipinski definition) is 6. The number of rotatable bonds is 4. The summed E-state index contributed by atoms with van der Waals surface area (Å²) in [6.07, 6.45) is 6.59. The monoisotopic (exact) mass is 460 g/mol. The minimum absolute atomic E-state index is 0.130. The molecule has 34 heavy (non-hydrogen) atoms. The molecule has 3 aromatic rings. The first-order valence-electron chi connectivity index (χ1n) is 12.3. The number of anilines is 1. The lowest BCUT2D eigenvalue weighted by atomic mass is 9.94. The van der Waals surface area contributed by atoms with Gasteiger partial charge in [0.25, 0.3) is 5.56 Å². The van der Waals surface area contributed by atoms with E-state index in [1.807, 2.05) is 31.2 Å². The number of esters is 1. The summed E-state index contributed by atoms with van der Waals surface area (Å²) in [6, 6.07) is 13.6. The Morgan fingerprint density at radius 2 is 1.68 bits per heavy atom. The number of ether oxygens (including phenoxy) is 1. The van der Waals surface area contributed by atoms with Crippen LogP contribution in [0.5, 0.6) is 0 Å². The highest BCUT2D eigenvalue weighted by Gasteiger charge is 2.28. The summed E-state index contributed by atoms with van der Waals surface area (Å²) in [5.41, 5.74) is 2.71. The molecule has 0 atom stereocenters. The zero-order valence-corrected chi connectivity index (χ0v) is 20.0. The molecule has 2 heterocycles. The van der Waals surface area contributed by atoms with E-state index in [9.17, 15) is 9.59 Å². The van der Waals surface area contributed by atoms with E-state index in [2.05, 4.69) is 9.80 Å². The number of aromatic nitrogens is 2. The van der Waals surface area contributed by atoms with Gasteiger partial charge in [0.2, 0.25) is 5.95 Å². The Bertz CT molecular complexity index is 1240. The molecule has 1 saturated carbocycles. The largest absolute Gasteiger partial charge is 0.465 e. The van der Waals surface area contributed by atoms with E-state index in [-0.39, 0.29) is 5.56 Å². The van der Waals surface area contributed by atoms with Gasteiger partial charge in [-0.25, -0.2) is 14.3 Å². The molecule has 7 nitrogen and oxygen atoms in total. The predicted octanol–water partition coefficient (Wildman–Crippen LogP) is 3.94. The minimum Gasteiger partial charge on any atom is -0.465 e. The molecule has 2 aliphatic rings. The van der Waals surface area contributed by atoms with Gasteiger partial charge < -0.3 is 9.64 Å². The van der Waals surface area contributed by atoms with E-state index in [0.717, 1.165) is 37.4 Å². The second-order valence-corrected chi connectivity index (χ2v) is 9.43. The topological polar surface area (TPSA) is 67.7 Å². The summed E-state index contributed by atoms with van der Waals surface area (Å²) in [5.74, 6) is 0.195. The average Bonchev–Trinajstić information content (AvgIpc) is 2.89. The van der Waals surface area contributed by atoms with Gasteiger partial charge in [-0.2, -0.15) is 0 Å². The van der Waals surface area contributed by atoms with Gasteiger partial charge >= 0.3 is 5.97 Å². The first-order chi connectivity index (χ1) is 16.5. The highest BCUT2D eigenvalue weighted by molar-refractivity contribution is 5.94. The van der Waals surface area contributed by atoms with Crippen LogP contribution in [-0.4, -0.2) is 59.8 Å². The van der Waals surface area contributed by atoms with Crippen LogP contribution >= 0.6 is 0 Å². The van der Waals surface area contributed by atoms with Crippen molar-refractivity contribution in [2.45, 2.75) is 45.1 Å². The molecule has 1 aliphatic heterocycles. The maximum Gasteiger partial charge on any atom is 0.337 e. The van der Waals surface area contributed by atoms with Crippen LogP contribution in [-0.2, 0) is 4.74 Å². The molecule has 5 rings (SSSR count). The Morgan fingerprint density at radius 1 is 0.971 bits per heavy atom. The number of carbonyl (C=O) groups excluding carboxylic acids is 1. The van der Waals surface area contributed by atoms with Crippen LogP contribution in [0.3, 0.4) is 0 Å². The molecule has 0 amide bonds. The molecule has 1 aliphatic carbocycles. The number of piperazine rings is 1. The Hall–Kier alpha value is -3.19. The van der Waals surface area contributed by atoms with E-state index >= 15 is 0 Å². The fourth-order valence-electron chi connectivity index (χ4n) is 5.29. The zero-order valence-electron chi connectivity index (χ0n) is 20.0. The van der Waals surface area contributed by atoms with Crippen LogP contribution in [0.1, 0.15) is 48.0 Å². The molecule has 0 radical (unpaired) electrons. The molecule has 0 spiro atoms. The molecule has 1 aromatic heterocycles. The Kier molecular flexibility index (Phi) is 6.37. The Balaban J connectivity index is 1.55. The predicted molar refractivity (Wildman–Crippen MR) is 134 cm³/mol. The van der Waals surface area contributed by atoms with E-state index < -0.39 is 5.97 Å². The lowest BCUT2D eigenvalue weighted by Gasteiger charge is -2.41. The maximum absolute atomic E-state index is 13.7. The second-order valence-electron chi connectivity index (χ2n) is 9.43. The lowest BCUT2D eigenvalue weighted by Crippen LogP contribution is -2.52. The molecule has 178 valence electrons. The number of fused-ring (bicyclic) bond motifs is 1. The fourth-order valence-corrected chi connectivity index (χ4v) is 5.29. The summed E-state index contributed by atoms with van der Waals surface area (Å²) in [5, 5.41) is 0.484. The molecule has 7 heteroatoms. The van der Waals surface area contributed by atoms with Crippen LogP contribution < -0.4 is 10.5 Å². The number of benzene rings is 2. The van der Waals surface area contributed by atoms with Crippen molar-refractivity contribution < 1.29 is 9.53 Å². The van der Waals surface area contributed by atoms with Crippen molar-refractivity contribution in [3.63, 3.8) is 0 Å². The zero-order chi connectivity index (χ0) is 23.7. The van der Waals surface area contributed by atoms with Crippen molar-refractivity contribution in [2.24, 2.45) is 0 Å². The third kappa shape index (κ3) is 4.32. The number of aryl methyl sites for hydroxylation is 1. The molecule has 0 unspecified atom stereocenters. The standard InChI is InChI=1S/C27H32N4O3/c1-19-8-11-22(12-9-19)31-25(32)23-13-10-20(26(33)34-2)18-24(23)28-27(31)30-16-14-29(15-17-30)21-6-4-3-5-7-21/h8-13,18,21H,3-7,14-17H2,1-2H3. The smallest absolute Gasteiger partial charge is 0.337 e. The van der Waals surface area contributed by atoms with Gasteiger partial charge in [0, 0.05) is 32.2 Å². The Morgan fingerprint density at radius 3 is 2.35 bits per heavy atom. The van der Waals surface area contributed by atoms with E-state index in [1.165, 1.54) is 39.2 Å². The van der Waals surface area contributed by atoms with Crippen LogP contribution in [0.4, 0.5) is 5.95 Å². The van der Waals surface area contributed by atoms with Gasteiger partial charge in [0.15, 0.2) is 0 Å². The van der Waals surface area contributed by atoms with Crippen molar-refractivity contribution in [1.29, 1.82) is 0 Å². The molecule has 0 N–H and O–H groups in total. The van der Waals surface area contributed by atoms with Crippen LogP contribution in [0.15, 0.2) is 47.3 Å². The minimum atomic E-state index is -0.436. The van der Waals surface area contributed by atoms with Crippen molar-refractivity contribution in [3.8, 4) is 5.69 Å². The molecule has 1 saturated heterocycles. The van der Waals surface area contributed by atoms with Gasteiger partial charge in [0.05, 0.1) is 29.3 Å². The van der Waals surface area contributed by atoms with Gasteiger partial charge in [-0.15, -0.1) is 0 Å². The van der Waals surface area contributed by atoms with Gasteiger partial charge in [-0.05, 0) is 50.1 Å². The average molecular weight is 461 g/mol. The van der Waals surface area contributed by atoms with Crippen LogP contribution in [0.2, 0.25) is 0 Å². The Labute approximate surface area is 200 Å². The molecular weight excluding hydrogens is 428 g/mol. The fraction of sp³-hybridized carbons (Fsp3) is 0.444. The third-order valence-electron chi connectivity index (χ3n) is 7.25. The highest BCUT2D eigenvalue weighted by atomic mass is 16.5. The SMILES string of the molecule is COC(=O)c1ccc2c(=O)n(-c3ccc(C)cc3)c(N3CCN(C4CCCCC4)CC3)nc2c1. The van der Waals surface area contributed by atoms with Gasteiger partial charge in [0.1, 0.15) is 0 Å². The molecule has 2 aromatic carbocycles. The van der Waals surface area contributed by atoms with E-state index in [1.54, 1.807) is 22.8 Å². The number of carbonyl (C=O) groups is 1. The van der Waals surface area contributed by atoms with E-state index in [0.29, 0.717) is 28.5 Å². The van der Waals surface area contributed by atoms with E-state index in [4.69, 9.17) is 9.72 Å². The van der Waals surface area contributed by atoms with Gasteiger partial charge in [-0.1, -0.05) is 37.0 Å². The van der Waals surface area contributed by atoms with Crippen molar-refractivity contribution in [2.75, 3.05) is 38.2 Å². The first-order valence-corrected chi connectivity index (χ1v) is 12.3. The first kappa shape index (κ1) is 22.6. The van der Waals surface area contributed by atoms with Crippen molar-refractivity contribution >= 4 is 22.8 Å². The third-order valence-corrected chi connectivity index (χ3v) is 7.25. The van der Waals surface area contributed by atoms with Crippen LogP contribution in [0.25, 0.3) is 16.6 Å². The number of hydrogen-bond donors (Lipinski definition) is 0. The number of methoxy groups -OCH3 is 1. The summed E-state index contributed by atoms with van der Waals surface area (Å²) in [6.45, 7) is 5.60. The van der Waals surface area contributed by atoms with Crippen molar-refractivity contribution in [1.82, 2.24) is 14.5 Å². The quantitative estimate of drug-likeness (QED) is 0.550. The maximum atomic E-state index is 13.7. The number of nitrogens with zero attached hydrogens (tertiary/aromatic N) is 4. The second kappa shape index (κ2) is 9.58. The summed E-state index contributed by atoms with van der Waals surface area (Å²) < 4.78 is 6.59. The van der Waals surface area contributed by atoms with Crippen molar-refractivity contribution in [3.05, 3.63) is 63.9 Å².